The smallest absolute Gasteiger partial charge is 0.293 e. The molecular formula is C40H52N6O6S. The highest BCUT2D eigenvalue weighted by Crippen LogP contribution is 2.61. The van der Waals surface area contributed by atoms with Crippen LogP contribution in [0.5, 0.6) is 0 Å². The second-order valence-corrected chi connectivity index (χ2v) is 17.7. The van der Waals surface area contributed by atoms with E-state index in [0.29, 0.717) is 43.1 Å². The Morgan fingerprint density at radius 3 is 2.36 bits per heavy atom. The summed E-state index contributed by atoms with van der Waals surface area (Å²) in [5.41, 5.74) is 4.03. The Morgan fingerprint density at radius 1 is 0.962 bits per heavy atom. The molecular weight excluding hydrogens is 693 g/mol. The number of ether oxygens (including phenoxy) is 1. The van der Waals surface area contributed by atoms with E-state index in [-0.39, 0.29) is 21.8 Å². The molecule has 5 aliphatic rings. The molecule has 3 aromatic carbocycles. The number of anilines is 3. The first-order valence-electron chi connectivity index (χ1n) is 19.0. The van der Waals surface area contributed by atoms with E-state index in [2.05, 4.69) is 70.2 Å². The molecule has 4 atom stereocenters. The molecule has 3 aliphatic carbocycles. The topological polar surface area (TPSA) is 146 Å². The van der Waals surface area contributed by atoms with E-state index in [4.69, 9.17) is 4.74 Å². The number of rotatable bonds is 12. The van der Waals surface area contributed by atoms with Crippen molar-refractivity contribution in [3.8, 4) is 0 Å². The average Bonchev–Trinajstić information content (AvgIpc) is 3.15. The summed E-state index contributed by atoms with van der Waals surface area (Å²) in [6, 6.07) is 19.7. The quantitative estimate of drug-likeness (QED) is 0.142. The number of hydrogen-bond acceptors (Lipinski definition) is 10. The molecule has 13 heteroatoms. The van der Waals surface area contributed by atoms with Crippen LogP contribution in [0.1, 0.15) is 62.4 Å². The van der Waals surface area contributed by atoms with Gasteiger partial charge in [-0.3, -0.25) is 19.8 Å². The number of nitrogens with one attached hydrogen (secondary N) is 3. The van der Waals surface area contributed by atoms with Crippen LogP contribution in [0.2, 0.25) is 0 Å². The van der Waals surface area contributed by atoms with Gasteiger partial charge in [0.25, 0.3) is 21.6 Å². The summed E-state index contributed by atoms with van der Waals surface area (Å²) in [6.07, 6.45) is 4.31. The molecule has 1 amide bonds. The van der Waals surface area contributed by atoms with Crippen LogP contribution in [0.15, 0.2) is 71.6 Å². The largest absolute Gasteiger partial charge is 0.382 e. The fourth-order valence-corrected chi connectivity index (χ4v) is 9.99. The van der Waals surface area contributed by atoms with Crippen LogP contribution in [-0.4, -0.2) is 76.1 Å². The molecule has 284 valence electrons. The molecule has 0 aromatic heterocycles. The van der Waals surface area contributed by atoms with Gasteiger partial charge < -0.3 is 20.3 Å². The molecule has 53 heavy (non-hydrogen) atoms. The minimum atomic E-state index is -4.37. The average molecular weight is 745 g/mol. The first kappa shape index (κ1) is 37.1. The lowest BCUT2D eigenvalue weighted by Crippen LogP contribution is -2.58. The lowest BCUT2D eigenvalue weighted by atomic mass is 9.45. The zero-order valence-electron chi connectivity index (χ0n) is 30.9. The van der Waals surface area contributed by atoms with Gasteiger partial charge in [0.15, 0.2) is 0 Å². The molecule has 0 radical (unpaired) electrons. The number of benzene rings is 3. The Morgan fingerprint density at radius 2 is 1.68 bits per heavy atom. The molecule has 0 spiro atoms. The van der Waals surface area contributed by atoms with Crippen molar-refractivity contribution in [2.75, 3.05) is 61.5 Å². The van der Waals surface area contributed by atoms with Crippen LogP contribution < -0.4 is 20.3 Å². The fourth-order valence-electron chi connectivity index (χ4n) is 8.99. The maximum absolute atomic E-state index is 13.2. The van der Waals surface area contributed by atoms with Gasteiger partial charge in [-0.2, -0.15) is 0 Å². The Hall–Kier alpha value is -4.20. The molecule has 5 fully saturated rings. The summed E-state index contributed by atoms with van der Waals surface area (Å²) >= 11 is 0. The molecule has 1 unspecified atom stereocenters. The number of hydrogen-bond donors (Lipinski definition) is 3. The molecule has 3 saturated carbocycles. The number of nitrogens with zero attached hydrogens (tertiary/aromatic N) is 3. The number of sulfonamides is 1. The standard InChI is InChI=1S/C40H52N6O6S/c1-27-34-22-31(40(34,2)3)23-37(27)42-35-7-5-4-6-30(35)26-44-16-18-45(19-17-44)32-10-8-29(9-11-32)39(47)43-53(50,51)33-12-13-36(38(24-33)46(48)49)41-25-28-14-20-52-21-15-28/h4-13,24,27-28,31,34,37,41-42H,14-23,25-26H2,1-3H3,(H,43,47)/t27-,31-,34?,37-/m0/s1. The van der Waals surface area contributed by atoms with Crippen molar-refractivity contribution >= 4 is 38.7 Å². The predicted octanol–water partition coefficient (Wildman–Crippen LogP) is 6.36. The van der Waals surface area contributed by atoms with Crippen molar-refractivity contribution in [3.05, 3.63) is 88.0 Å². The Balaban J connectivity index is 0.916. The molecule has 2 saturated heterocycles. The highest BCUT2D eigenvalue weighted by Gasteiger charge is 2.56. The Kier molecular flexibility index (Phi) is 10.7. The van der Waals surface area contributed by atoms with Crippen LogP contribution in [-0.2, 0) is 21.3 Å². The zero-order chi connectivity index (χ0) is 37.3. The molecule has 3 aromatic rings. The van der Waals surface area contributed by atoms with Gasteiger partial charge in [0, 0.05) is 81.5 Å². The van der Waals surface area contributed by atoms with E-state index >= 15 is 0 Å². The summed E-state index contributed by atoms with van der Waals surface area (Å²) in [4.78, 5) is 28.6. The number of nitro groups is 1. The third-order valence-electron chi connectivity index (χ3n) is 12.6. The molecule has 2 aliphatic heterocycles. The molecule has 2 bridgehead atoms. The van der Waals surface area contributed by atoms with Gasteiger partial charge in [0.1, 0.15) is 5.69 Å². The summed E-state index contributed by atoms with van der Waals surface area (Å²) in [7, 11) is -4.37. The first-order valence-corrected chi connectivity index (χ1v) is 20.5. The van der Waals surface area contributed by atoms with E-state index in [1.165, 1.54) is 36.2 Å². The molecule has 12 nitrogen and oxygen atoms in total. The molecule has 8 rings (SSSR count). The Bertz CT molecular complexity index is 1910. The van der Waals surface area contributed by atoms with Gasteiger partial charge in [-0.15, -0.1) is 0 Å². The van der Waals surface area contributed by atoms with E-state index in [1.807, 2.05) is 12.1 Å². The van der Waals surface area contributed by atoms with Crippen LogP contribution in [0, 0.1) is 39.2 Å². The molecule has 3 N–H and O–H groups in total. The van der Waals surface area contributed by atoms with Crippen molar-refractivity contribution in [1.82, 2.24) is 9.62 Å². The lowest BCUT2D eigenvalue weighted by molar-refractivity contribution is -0.384. The SMILES string of the molecule is C[C@H]1C2C[C@@H](C[C@@H]1Nc1ccccc1CN1CCN(c3ccc(C(=O)NS(=O)(=O)c4ccc(NCC5CCOCC5)c([N+](=O)[O-])c4)cc3)CC1)C2(C)C. The van der Waals surface area contributed by atoms with Gasteiger partial charge in [0.05, 0.1) is 9.82 Å². The number of nitro benzene ring substituents is 1. The first-order chi connectivity index (χ1) is 25.4. The number of para-hydroxylation sites is 1. The second kappa shape index (κ2) is 15.3. The third kappa shape index (κ3) is 8.02. The zero-order valence-corrected chi connectivity index (χ0v) is 31.7. The predicted molar refractivity (Wildman–Crippen MR) is 207 cm³/mol. The fraction of sp³-hybridized carbons (Fsp3) is 0.525. The number of piperazine rings is 1. The van der Waals surface area contributed by atoms with E-state index in [1.54, 1.807) is 12.1 Å². The van der Waals surface area contributed by atoms with Crippen molar-refractivity contribution in [1.29, 1.82) is 0 Å². The van der Waals surface area contributed by atoms with Crippen molar-refractivity contribution < 1.29 is 22.9 Å². The van der Waals surface area contributed by atoms with Gasteiger partial charge >= 0.3 is 0 Å². The number of fused-ring (bicyclic) bond motifs is 2. The summed E-state index contributed by atoms with van der Waals surface area (Å²) < 4.78 is 33.7. The maximum Gasteiger partial charge on any atom is 0.293 e. The van der Waals surface area contributed by atoms with Crippen LogP contribution in [0.25, 0.3) is 0 Å². The minimum absolute atomic E-state index is 0.178. The summed E-state index contributed by atoms with van der Waals surface area (Å²) in [5, 5.41) is 18.9. The van der Waals surface area contributed by atoms with Crippen molar-refractivity contribution in [2.45, 2.75) is 63.9 Å². The minimum Gasteiger partial charge on any atom is -0.382 e. The maximum atomic E-state index is 13.2. The highest BCUT2D eigenvalue weighted by atomic mass is 32.2. The highest BCUT2D eigenvalue weighted by molar-refractivity contribution is 7.90. The lowest BCUT2D eigenvalue weighted by Gasteiger charge is -2.62. The van der Waals surface area contributed by atoms with Gasteiger partial charge in [-0.05, 0) is 103 Å². The summed E-state index contributed by atoms with van der Waals surface area (Å²) in [5.74, 6) is 1.76. The second-order valence-electron chi connectivity index (χ2n) is 16.0. The van der Waals surface area contributed by atoms with E-state index in [9.17, 15) is 23.3 Å². The molecule has 2 heterocycles. The van der Waals surface area contributed by atoms with E-state index < -0.39 is 20.9 Å². The van der Waals surface area contributed by atoms with Gasteiger partial charge in [-0.25, -0.2) is 13.1 Å². The number of carbonyl (C=O) groups is 1. The van der Waals surface area contributed by atoms with Crippen LogP contribution >= 0.6 is 0 Å². The van der Waals surface area contributed by atoms with Gasteiger partial charge in [-0.1, -0.05) is 39.0 Å². The number of carbonyl (C=O) groups excluding carboxylic acids is 1. The number of amides is 1. The van der Waals surface area contributed by atoms with Gasteiger partial charge in [0.2, 0.25) is 0 Å². The van der Waals surface area contributed by atoms with Crippen molar-refractivity contribution in [3.63, 3.8) is 0 Å². The van der Waals surface area contributed by atoms with Crippen LogP contribution in [0.3, 0.4) is 0 Å². The van der Waals surface area contributed by atoms with Crippen LogP contribution in [0.4, 0.5) is 22.7 Å². The Labute approximate surface area is 312 Å². The van der Waals surface area contributed by atoms with Crippen molar-refractivity contribution in [2.24, 2.45) is 29.1 Å². The third-order valence-corrected chi connectivity index (χ3v) is 13.9. The summed E-state index contributed by atoms with van der Waals surface area (Å²) in [6.45, 7) is 13.4. The monoisotopic (exact) mass is 744 g/mol. The normalized spacial score (nSPS) is 24.5. The van der Waals surface area contributed by atoms with E-state index in [0.717, 1.165) is 69.2 Å².